The van der Waals surface area contributed by atoms with Gasteiger partial charge in [0.2, 0.25) is 5.91 Å². The second-order valence-corrected chi connectivity index (χ2v) is 5.19. The van der Waals surface area contributed by atoms with E-state index in [9.17, 15) is 9.59 Å². The van der Waals surface area contributed by atoms with Crippen molar-refractivity contribution in [1.82, 2.24) is 10.2 Å². The van der Waals surface area contributed by atoms with Crippen molar-refractivity contribution < 1.29 is 14.3 Å². The molecule has 2 rings (SSSR count). The van der Waals surface area contributed by atoms with Gasteiger partial charge in [-0.25, -0.2) is 0 Å². The number of rotatable bonds is 5. The van der Waals surface area contributed by atoms with Crippen LogP contribution in [0.5, 0.6) is 5.75 Å². The molecule has 1 aliphatic rings. The first kappa shape index (κ1) is 15.9. The van der Waals surface area contributed by atoms with E-state index in [4.69, 9.17) is 4.74 Å². The molecule has 1 aromatic rings. The van der Waals surface area contributed by atoms with Crippen molar-refractivity contribution in [2.24, 2.45) is 0 Å². The zero-order chi connectivity index (χ0) is 15.9. The number of carbonyl (C=O) groups excluding carboxylic acids is 2. The number of methoxy groups -OCH3 is 1. The van der Waals surface area contributed by atoms with Gasteiger partial charge in [-0.1, -0.05) is 18.1 Å². The average molecular weight is 300 g/mol. The average Bonchev–Trinajstić information content (AvgIpc) is 2.85. The van der Waals surface area contributed by atoms with E-state index >= 15 is 0 Å². The summed E-state index contributed by atoms with van der Waals surface area (Å²) in [6.45, 7) is 2.81. The third kappa shape index (κ3) is 4.26. The van der Waals surface area contributed by atoms with E-state index in [1.165, 1.54) is 0 Å². The lowest BCUT2D eigenvalue weighted by molar-refractivity contribution is -0.127. The number of carbonyl (C=O) groups is 2. The molecule has 5 heteroatoms. The summed E-state index contributed by atoms with van der Waals surface area (Å²) in [5, 5.41) is 2.76. The van der Waals surface area contributed by atoms with Crippen LogP contribution >= 0.6 is 0 Å². The molecule has 1 N–H and O–H groups in total. The van der Waals surface area contributed by atoms with Gasteiger partial charge in [0.05, 0.1) is 13.2 Å². The monoisotopic (exact) mass is 300 g/mol. The van der Waals surface area contributed by atoms with Crippen molar-refractivity contribution in [3.8, 4) is 17.6 Å². The Labute approximate surface area is 130 Å². The van der Waals surface area contributed by atoms with Gasteiger partial charge in [0.1, 0.15) is 5.75 Å². The molecular formula is C17H20N2O3. The topological polar surface area (TPSA) is 58.6 Å². The minimum Gasteiger partial charge on any atom is -0.497 e. The first-order chi connectivity index (χ1) is 10.6. The molecule has 116 valence electrons. The van der Waals surface area contributed by atoms with Crippen molar-refractivity contribution >= 4 is 11.8 Å². The molecule has 0 radical (unpaired) electrons. The molecule has 1 saturated heterocycles. The highest BCUT2D eigenvalue weighted by Gasteiger charge is 2.29. The van der Waals surface area contributed by atoms with Gasteiger partial charge in [-0.2, -0.15) is 0 Å². The standard InChI is InChI=1S/C17H20N2O3/c1-3-4-16(20)18-14-11-17(21)19(12-14)10-9-13-5-7-15(22-2)8-6-13/h5-8,14H,9-12H2,1-2H3,(H,18,20)/t14-/m0/s1. The highest BCUT2D eigenvalue weighted by molar-refractivity contribution is 5.94. The van der Waals surface area contributed by atoms with Crippen LogP contribution in [0.2, 0.25) is 0 Å². The van der Waals surface area contributed by atoms with Crippen molar-refractivity contribution in [2.45, 2.75) is 25.8 Å². The molecule has 1 aliphatic heterocycles. The van der Waals surface area contributed by atoms with Gasteiger partial charge >= 0.3 is 0 Å². The highest BCUT2D eigenvalue weighted by atomic mass is 16.5. The number of ether oxygens (including phenoxy) is 1. The molecule has 22 heavy (non-hydrogen) atoms. The summed E-state index contributed by atoms with van der Waals surface area (Å²) in [6, 6.07) is 7.67. The van der Waals surface area contributed by atoms with Crippen LogP contribution in [-0.4, -0.2) is 43.0 Å². The van der Waals surface area contributed by atoms with E-state index in [1.807, 2.05) is 24.3 Å². The number of likely N-dealkylation sites (tertiary alicyclic amines) is 1. The van der Waals surface area contributed by atoms with Gasteiger partial charge < -0.3 is 15.0 Å². The first-order valence-electron chi connectivity index (χ1n) is 7.26. The molecule has 1 aromatic carbocycles. The number of nitrogens with one attached hydrogen (secondary N) is 1. The number of benzene rings is 1. The minimum atomic E-state index is -0.322. The second kappa shape index (κ2) is 7.51. The molecule has 1 fully saturated rings. The van der Waals surface area contributed by atoms with Crippen molar-refractivity contribution in [2.75, 3.05) is 20.2 Å². The quantitative estimate of drug-likeness (QED) is 0.825. The van der Waals surface area contributed by atoms with Gasteiger partial charge in [-0.15, -0.1) is 0 Å². The number of hydrogen-bond donors (Lipinski definition) is 1. The molecule has 0 spiro atoms. The second-order valence-electron chi connectivity index (χ2n) is 5.19. The van der Waals surface area contributed by atoms with Crippen molar-refractivity contribution in [3.63, 3.8) is 0 Å². The predicted molar refractivity (Wildman–Crippen MR) is 83.3 cm³/mol. The van der Waals surface area contributed by atoms with Crippen molar-refractivity contribution in [3.05, 3.63) is 29.8 Å². The summed E-state index contributed by atoms with van der Waals surface area (Å²) in [5.41, 5.74) is 1.15. The molecular weight excluding hydrogens is 280 g/mol. The minimum absolute atomic E-state index is 0.0725. The Hall–Kier alpha value is -2.48. The van der Waals surface area contributed by atoms with Crippen LogP contribution < -0.4 is 10.1 Å². The Morgan fingerprint density at radius 1 is 1.41 bits per heavy atom. The maximum Gasteiger partial charge on any atom is 0.296 e. The fourth-order valence-corrected chi connectivity index (χ4v) is 2.48. The maximum absolute atomic E-state index is 12.0. The Balaban J connectivity index is 1.83. The van der Waals surface area contributed by atoms with E-state index < -0.39 is 0 Å². The Morgan fingerprint density at radius 2 is 2.14 bits per heavy atom. The molecule has 0 unspecified atom stereocenters. The van der Waals surface area contributed by atoms with Gasteiger partial charge in [-0.3, -0.25) is 9.59 Å². The molecule has 0 aliphatic carbocycles. The molecule has 0 bridgehead atoms. The van der Waals surface area contributed by atoms with E-state index in [0.29, 0.717) is 19.5 Å². The van der Waals surface area contributed by atoms with Crippen LogP contribution in [0.25, 0.3) is 0 Å². The summed E-state index contributed by atoms with van der Waals surface area (Å²) in [6.07, 6.45) is 1.13. The first-order valence-corrected chi connectivity index (χ1v) is 7.26. The van der Waals surface area contributed by atoms with Crippen LogP contribution in [0.4, 0.5) is 0 Å². The van der Waals surface area contributed by atoms with Gasteiger partial charge in [-0.05, 0) is 37.0 Å². The number of nitrogens with zero attached hydrogens (tertiary/aromatic N) is 1. The van der Waals surface area contributed by atoms with Crippen LogP contribution in [-0.2, 0) is 16.0 Å². The lowest BCUT2D eigenvalue weighted by atomic mass is 10.1. The normalized spacial score (nSPS) is 16.9. The lowest BCUT2D eigenvalue weighted by Gasteiger charge is -2.16. The SMILES string of the molecule is CC#CC(=O)N[C@H]1CC(=O)N(CCc2ccc(OC)cc2)C1. The fraction of sp³-hybridized carbons (Fsp3) is 0.412. The summed E-state index contributed by atoms with van der Waals surface area (Å²) in [4.78, 5) is 25.2. The van der Waals surface area contributed by atoms with E-state index in [2.05, 4.69) is 17.2 Å². The highest BCUT2D eigenvalue weighted by Crippen LogP contribution is 2.15. The summed E-state index contributed by atoms with van der Waals surface area (Å²) in [7, 11) is 1.63. The predicted octanol–water partition coefficient (Wildman–Crippen LogP) is 0.978. The smallest absolute Gasteiger partial charge is 0.296 e. The fourth-order valence-electron chi connectivity index (χ4n) is 2.48. The lowest BCUT2D eigenvalue weighted by Crippen LogP contribution is -2.36. The van der Waals surface area contributed by atoms with E-state index in [1.54, 1.807) is 18.9 Å². The Morgan fingerprint density at radius 3 is 2.77 bits per heavy atom. The largest absolute Gasteiger partial charge is 0.497 e. The summed E-state index contributed by atoms with van der Waals surface area (Å²) >= 11 is 0. The zero-order valence-corrected chi connectivity index (χ0v) is 12.9. The third-order valence-corrected chi connectivity index (χ3v) is 3.62. The van der Waals surface area contributed by atoms with Crippen LogP contribution in [0.15, 0.2) is 24.3 Å². The Bertz CT molecular complexity index is 599. The molecule has 2 amide bonds. The van der Waals surface area contributed by atoms with Crippen LogP contribution in [0.3, 0.4) is 0 Å². The molecule has 1 atom stereocenters. The molecule has 0 aromatic heterocycles. The number of hydrogen-bond acceptors (Lipinski definition) is 3. The van der Waals surface area contributed by atoms with Crippen LogP contribution in [0.1, 0.15) is 18.9 Å². The van der Waals surface area contributed by atoms with Crippen molar-refractivity contribution in [1.29, 1.82) is 0 Å². The molecule has 5 nitrogen and oxygen atoms in total. The zero-order valence-electron chi connectivity index (χ0n) is 12.9. The Kier molecular flexibility index (Phi) is 5.42. The number of amides is 2. The summed E-state index contributed by atoms with van der Waals surface area (Å²) < 4.78 is 5.12. The maximum atomic E-state index is 12.0. The van der Waals surface area contributed by atoms with E-state index in [0.717, 1.165) is 17.7 Å². The summed E-state index contributed by atoms with van der Waals surface area (Å²) in [5.74, 6) is 5.55. The van der Waals surface area contributed by atoms with Crippen LogP contribution in [0, 0.1) is 11.8 Å². The van der Waals surface area contributed by atoms with Gasteiger partial charge in [0.15, 0.2) is 0 Å². The van der Waals surface area contributed by atoms with Gasteiger partial charge in [0.25, 0.3) is 5.91 Å². The molecule has 1 heterocycles. The van der Waals surface area contributed by atoms with Gasteiger partial charge in [0, 0.05) is 19.5 Å². The molecule has 0 saturated carbocycles. The third-order valence-electron chi connectivity index (χ3n) is 3.62. The van der Waals surface area contributed by atoms with E-state index in [-0.39, 0.29) is 17.9 Å².